The van der Waals surface area contributed by atoms with Gasteiger partial charge in [0, 0.05) is 32.2 Å². The minimum atomic E-state index is -0.747. The monoisotopic (exact) mass is 628 g/mol. The van der Waals surface area contributed by atoms with Crippen LogP contribution < -0.4 is 32.1 Å². The normalized spacial score (nSPS) is 22.1. The Bertz CT molecular complexity index is 1990. The molecule has 15 heteroatoms. The molecule has 8 rings (SSSR count). The van der Waals surface area contributed by atoms with Crippen LogP contribution in [0.1, 0.15) is 76.2 Å². The van der Waals surface area contributed by atoms with Crippen molar-refractivity contribution in [3.05, 3.63) is 72.8 Å². The summed E-state index contributed by atoms with van der Waals surface area (Å²) in [7, 11) is 0. The molecule has 3 fully saturated rings. The number of carboxylic acid groups (broad SMARTS) is 1. The van der Waals surface area contributed by atoms with Gasteiger partial charge in [-0.1, -0.05) is 28.5 Å². The molecule has 238 valence electrons. The number of fused-ring (bicyclic) bond motifs is 5. The van der Waals surface area contributed by atoms with Crippen LogP contribution >= 0.6 is 0 Å². The first-order valence-corrected chi connectivity index (χ1v) is 15.2. The standard InChI is InChI=1S/C31H32N8O7/c32-21-22(24(41)23(21)40)38-10-3-17-2-1-16(11-18(17)14-38)13-33-26(42)19-12-20(39-25(35-19)28(44)36-37-39)27(43)34-15-30-4-7-31(8-5-30,9-6-30)29(45)46/h1-2,11-12,44H,3-10,13-15,32H2,(H,33,42)(H,34,43)(H,45,46). The second-order valence-electron chi connectivity index (χ2n) is 12.8. The van der Waals surface area contributed by atoms with Gasteiger partial charge in [0.2, 0.25) is 5.65 Å². The van der Waals surface area contributed by atoms with Crippen molar-refractivity contribution in [3.8, 4) is 5.88 Å². The molecule has 2 aromatic heterocycles. The van der Waals surface area contributed by atoms with Crippen LogP contribution in [-0.2, 0) is 24.3 Å². The SMILES string of the molecule is Nc1c(N2CCc3ccc(CNC(=O)c4cc(C(=O)NCC56CCC(C(=O)O)(CC5)CC6)n5nnc(O)c5n4)cc3C2)c(=O)c1=O. The van der Waals surface area contributed by atoms with Gasteiger partial charge in [-0.2, -0.15) is 4.52 Å². The van der Waals surface area contributed by atoms with Gasteiger partial charge in [0.15, 0.2) is 0 Å². The van der Waals surface area contributed by atoms with Crippen molar-refractivity contribution in [1.29, 1.82) is 0 Å². The number of benzene rings is 1. The Labute approximate surface area is 261 Å². The van der Waals surface area contributed by atoms with Gasteiger partial charge in [-0.25, -0.2) is 4.98 Å². The number of aliphatic carboxylic acids is 1. The fourth-order valence-electron chi connectivity index (χ4n) is 7.25. The number of aromatic hydroxyl groups is 1. The zero-order valence-electron chi connectivity index (χ0n) is 24.8. The van der Waals surface area contributed by atoms with Crippen LogP contribution in [0.5, 0.6) is 5.88 Å². The van der Waals surface area contributed by atoms with Crippen molar-refractivity contribution in [2.45, 2.75) is 58.0 Å². The Kier molecular flexibility index (Phi) is 6.79. The van der Waals surface area contributed by atoms with Crippen molar-refractivity contribution in [3.63, 3.8) is 0 Å². The van der Waals surface area contributed by atoms with E-state index >= 15 is 0 Å². The van der Waals surface area contributed by atoms with E-state index in [0.717, 1.165) is 21.2 Å². The van der Waals surface area contributed by atoms with E-state index in [1.54, 1.807) is 4.90 Å². The number of carbonyl (C=O) groups excluding carboxylic acids is 2. The first-order chi connectivity index (χ1) is 22.0. The number of carbonyl (C=O) groups is 3. The fraction of sp³-hybridized carbons (Fsp3) is 0.419. The average molecular weight is 629 g/mol. The minimum Gasteiger partial charge on any atom is -0.489 e. The summed E-state index contributed by atoms with van der Waals surface area (Å²) < 4.78 is 1.08. The molecule has 0 atom stereocenters. The molecule has 2 bridgehead atoms. The van der Waals surface area contributed by atoms with Gasteiger partial charge in [-0.05, 0) is 67.1 Å². The Morgan fingerprint density at radius 2 is 1.70 bits per heavy atom. The van der Waals surface area contributed by atoms with Gasteiger partial charge >= 0.3 is 5.97 Å². The lowest BCUT2D eigenvalue weighted by molar-refractivity contribution is -0.158. The fourth-order valence-corrected chi connectivity index (χ4v) is 7.25. The molecule has 6 N–H and O–H groups in total. The highest BCUT2D eigenvalue weighted by Gasteiger charge is 2.52. The van der Waals surface area contributed by atoms with Crippen molar-refractivity contribution in [1.82, 2.24) is 30.4 Å². The van der Waals surface area contributed by atoms with Crippen molar-refractivity contribution < 1.29 is 24.6 Å². The maximum absolute atomic E-state index is 13.4. The Morgan fingerprint density at radius 3 is 2.39 bits per heavy atom. The lowest BCUT2D eigenvalue weighted by atomic mass is 9.53. The zero-order chi connectivity index (χ0) is 32.4. The van der Waals surface area contributed by atoms with Crippen LogP contribution in [0, 0.1) is 10.8 Å². The summed E-state index contributed by atoms with van der Waals surface area (Å²) in [4.78, 5) is 68.1. The van der Waals surface area contributed by atoms with E-state index in [-0.39, 0.29) is 40.4 Å². The highest BCUT2D eigenvalue weighted by molar-refractivity contribution is 5.98. The quantitative estimate of drug-likeness (QED) is 0.170. The molecule has 2 amide bonds. The number of amides is 2. The van der Waals surface area contributed by atoms with Crippen LogP contribution in [0.15, 0.2) is 33.9 Å². The molecule has 46 heavy (non-hydrogen) atoms. The number of nitrogens with two attached hydrogens (primary N) is 1. The van der Waals surface area contributed by atoms with Gasteiger partial charge in [0.25, 0.3) is 28.6 Å². The molecule has 1 aliphatic heterocycles. The van der Waals surface area contributed by atoms with Gasteiger partial charge in [-0.15, -0.1) is 0 Å². The topological polar surface area (TPSA) is 222 Å². The number of hydrogen-bond donors (Lipinski definition) is 5. The summed E-state index contributed by atoms with van der Waals surface area (Å²) >= 11 is 0. The van der Waals surface area contributed by atoms with Crippen molar-refractivity contribution in [2.75, 3.05) is 23.7 Å². The number of aromatic nitrogens is 4. The number of hydrogen-bond acceptors (Lipinski definition) is 11. The van der Waals surface area contributed by atoms with E-state index < -0.39 is 39.9 Å². The third-order valence-corrected chi connectivity index (χ3v) is 10.3. The lowest BCUT2D eigenvalue weighted by Crippen LogP contribution is -2.50. The predicted molar refractivity (Wildman–Crippen MR) is 163 cm³/mol. The largest absolute Gasteiger partial charge is 0.489 e. The van der Waals surface area contributed by atoms with Gasteiger partial charge in [0.05, 0.1) is 5.41 Å². The Morgan fingerprint density at radius 1 is 0.957 bits per heavy atom. The van der Waals surface area contributed by atoms with Crippen LogP contribution in [-0.4, -0.2) is 60.9 Å². The van der Waals surface area contributed by atoms with Gasteiger partial charge in [-0.3, -0.25) is 24.0 Å². The van der Waals surface area contributed by atoms with Crippen LogP contribution in [0.2, 0.25) is 0 Å². The third-order valence-electron chi connectivity index (χ3n) is 10.3. The molecule has 0 saturated heterocycles. The van der Waals surface area contributed by atoms with Crippen LogP contribution in [0.3, 0.4) is 0 Å². The second kappa shape index (κ2) is 10.6. The van der Waals surface area contributed by atoms with Gasteiger partial charge < -0.3 is 31.5 Å². The number of nitrogens with one attached hydrogen (secondary N) is 2. The van der Waals surface area contributed by atoms with E-state index in [2.05, 4.69) is 25.9 Å². The number of anilines is 2. The highest BCUT2D eigenvalue weighted by atomic mass is 16.4. The summed E-state index contributed by atoms with van der Waals surface area (Å²) in [5, 5.41) is 33.1. The smallest absolute Gasteiger partial charge is 0.309 e. The van der Waals surface area contributed by atoms with E-state index in [4.69, 9.17) is 5.73 Å². The van der Waals surface area contributed by atoms with Gasteiger partial charge in [0.1, 0.15) is 22.8 Å². The predicted octanol–water partition coefficient (Wildman–Crippen LogP) is 0.656. The van der Waals surface area contributed by atoms with Crippen molar-refractivity contribution in [2.24, 2.45) is 10.8 Å². The molecular weight excluding hydrogens is 596 g/mol. The Hall–Kier alpha value is -5.34. The second-order valence-corrected chi connectivity index (χ2v) is 12.8. The number of carboxylic acids is 1. The Balaban J connectivity index is 1.04. The first kappa shape index (κ1) is 29.4. The molecule has 15 nitrogen and oxygen atoms in total. The number of nitrogen functional groups attached to an aromatic ring is 1. The molecule has 0 spiro atoms. The molecular formula is C31H32N8O7. The van der Waals surface area contributed by atoms with E-state index in [1.165, 1.54) is 6.07 Å². The summed E-state index contributed by atoms with van der Waals surface area (Å²) in [6.45, 7) is 1.44. The maximum atomic E-state index is 13.4. The summed E-state index contributed by atoms with van der Waals surface area (Å²) in [5.74, 6) is -2.39. The van der Waals surface area contributed by atoms with Crippen LogP contribution in [0.4, 0.5) is 11.4 Å². The summed E-state index contributed by atoms with van der Waals surface area (Å²) in [5.41, 5.74) is 6.46. The highest BCUT2D eigenvalue weighted by Crippen LogP contribution is 2.56. The molecule has 3 heterocycles. The van der Waals surface area contributed by atoms with E-state index in [9.17, 15) is 34.2 Å². The number of nitrogens with zero attached hydrogens (tertiary/aromatic N) is 5. The first-order valence-electron chi connectivity index (χ1n) is 15.2. The number of rotatable bonds is 8. The van der Waals surface area contributed by atoms with Crippen LogP contribution in [0.25, 0.3) is 5.65 Å². The molecule has 0 unspecified atom stereocenters. The third kappa shape index (κ3) is 4.73. The molecule has 3 aliphatic carbocycles. The summed E-state index contributed by atoms with van der Waals surface area (Å²) in [6, 6.07) is 7.06. The molecule has 3 saturated carbocycles. The van der Waals surface area contributed by atoms with Crippen molar-refractivity contribution >= 4 is 34.8 Å². The summed E-state index contributed by atoms with van der Waals surface area (Å²) in [6.07, 6.45) is 4.51. The molecule has 2 aromatic carbocycles. The molecule has 4 aliphatic rings. The van der Waals surface area contributed by atoms with E-state index in [1.807, 2.05) is 18.2 Å². The lowest BCUT2D eigenvalue weighted by Gasteiger charge is -2.51. The maximum Gasteiger partial charge on any atom is 0.309 e. The molecule has 0 radical (unpaired) electrons. The average Bonchev–Trinajstić information content (AvgIpc) is 3.46. The minimum absolute atomic E-state index is 0.0109. The molecule has 4 aromatic rings. The van der Waals surface area contributed by atoms with E-state index in [0.29, 0.717) is 64.6 Å². The zero-order valence-corrected chi connectivity index (χ0v) is 24.8.